The maximum absolute atomic E-state index is 12.1. The van der Waals surface area contributed by atoms with Gasteiger partial charge in [0.1, 0.15) is 0 Å². The SMILES string of the molecule is O=C(O)c1ccc2c(c1)CN(C(=O)CCNC1CC1)C2. The van der Waals surface area contributed by atoms with Crippen molar-refractivity contribution in [3.8, 4) is 0 Å². The van der Waals surface area contributed by atoms with Crippen LogP contribution in [-0.2, 0) is 17.9 Å². The number of amides is 1. The summed E-state index contributed by atoms with van der Waals surface area (Å²) in [5.74, 6) is -0.794. The minimum atomic E-state index is -0.925. The topological polar surface area (TPSA) is 69.6 Å². The Kier molecular flexibility index (Phi) is 3.44. The summed E-state index contributed by atoms with van der Waals surface area (Å²) in [6, 6.07) is 5.71. The number of carboxylic acids is 1. The Morgan fingerprint density at radius 2 is 2.00 bits per heavy atom. The van der Waals surface area contributed by atoms with Crippen molar-refractivity contribution in [1.82, 2.24) is 10.2 Å². The van der Waals surface area contributed by atoms with Gasteiger partial charge in [-0.1, -0.05) is 6.07 Å². The molecule has 5 heteroatoms. The number of carbonyl (C=O) groups excluding carboxylic acids is 1. The highest BCUT2D eigenvalue weighted by Crippen LogP contribution is 2.24. The Bertz CT molecular complexity index is 552. The van der Waals surface area contributed by atoms with Crippen molar-refractivity contribution in [1.29, 1.82) is 0 Å². The lowest BCUT2D eigenvalue weighted by atomic mass is 10.1. The van der Waals surface area contributed by atoms with Gasteiger partial charge < -0.3 is 15.3 Å². The Hall–Kier alpha value is -1.88. The van der Waals surface area contributed by atoms with E-state index in [0.29, 0.717) is 25.6 Å². The van der Waals surface area contributed by atoms with Gasteiger partial charge in [0.15, 0.2) is 0 Å². The first-order chi connectivity index (χ1) is 9.63. The van der Waals surface area contributed by atoms with Crippen molar-refractivity contribution in [2.75, 3.05) is 6.54 Å². The zero-order valence-corrected chi connectivity index (χ0v) is 11.3. The molecule has 106 valence electrons. The van der Waals surface area contributed by atoms with Gasteiger partial charge in [-0.3, -0.25) is 4.79 Å². The Morgan fingerprint density at radius 1 is 1.25 bits per heavy atom. The first-order valence-corrected chi connectivity index (χ1v) is 7.00. The summed E-state index contributed by atoms with van der Waals surface area (Å²) in [6.45, 7) is 1.85. The zero-order valence-electron chi connectivity index (χ0n) is 11.3. The molecule has 2 aliphatic rings. The third kappa shape index (κ3) is 2.82. The van der Waals surface area contributed by atoms with E-state index in [-0.39, 0.29) is 11.5 Å². The number of rotatable bonds is 5. The fourth-order valence-electron chi connectivity index (χ4n) is 2.53. The molecule has 0 unspecified atom stereocenters. The maximum Gasteiger partial charge on any atom is 0.335 e. The number of nitrogens with one attached hydrogen (secondary N) is 1. The van der Waals surface area contributed by atoms with Crippen molar-refractivity contribution in [3.05, 3.63) is 34.9 Å². The van der Waals surface area contributed by atoms with Gasteiger partial charge in [0.05, 0.1) is 5.56 Å². The molecule has 0 saturated heterocycles. The molecule has 1 saturated carbocycles. The monoisotopic (exact) mass is 274 g/mol. The molecular formula is C15H18N2O3. The summed E-state index contributed by atoms with van der Waals surface area (Å²) in [6.07, 6.45) is 2.96. The average molecular weight is 274 g/mol. The van der Waals surface area contributed by atoms with Crippen LogP contribution in [0.15, 0.2) is 18.2 Å². The highest BCUT2D eigenvalue weighted by atomic mass is 16.4. The van der Waals surface area contributed by atoms with Crippen LogP contribution >= 0.6 is 0 Å². The third-order valence-corrected chi connectivity index (χ3v) is 3.88. The standard InChI is InChI=1S/C15H18N2O3/c18-14(5-6-16-13-3-4-13)17-8-11-2-1-10(15(19)20)7-12(11)9-17/h1-2,7,13,16H,3-6,8-9H2,(H,19,20). The molecule has 1 aromatic rings. The number of benzene rings is 1. The van der Waals surface area contributed by atoms with Gasteiger partial charge in [-0.05, 0) is 36.1 Å². The van der Waals surface area contributed by atoms with E-state index in [4.69, 9.17) is 5.11 Å². The molecule has 1 aromatic carbocycles. The third-order valence-electron chi connectivity index (χ3n) is 3.88. The van der Waals surface area contributed by atoms with Crippen LogP contribution in [0.5, 0.6) is 0 Å². The summed E-state index contributed by atoms with van der Waals surface area (Å²) >= 11 is 0. The molecule has 0 radical (unpaired) electrons. The second-order valence-corrected chi connectivity index (χ2v) is 5.52. The van der Waals surface area contributed by atoms with E-state index in [2.05, 4.69) is 5.32 Å². The van der Waals surface area contributed by atoms with E-state index < -0.39 is 5.97 Å². The molecule has 0 spiro atoms. The van der Waals surface area contributed by atoms with Crippen LogP contribution in [0.1, 0.15) is 40.7 Å². The lowest BCUT2D eigenvalue weighted by molar-refractivity contribution is -0.131. The summed E-state index contributed by atoms with van der Waals surface area (Å²) in [4.78, 5) is 24.8. The predicted octanol–water partition coefficient (Wildman–Crippen LogP) is 1.37. The fraction of sp³-hybridized carbons (Fsp3) is 0.467. The van der Waals surface area contributed by atoms with E-state index in [1.165, 1.54) is 12.8 Å². The van der Waals surface area contributed by atoms with Gasteiger partial charge >= 0.3 is 5.97 Å². The number of carboxylic acid groups (broad SMARTS) is 1. The number of hydrogen-bond donors (Lipinski definition) is 2. The summed E-state index contributed by atoms with van der Waals surface area (Å²) in [5.41, 5.74) is 2.29. The van der Waals surface area contributed by atoms with Crippen LogP contribution in [0, 0.1) is 0 Å². The van der Waals surface area contributed by atoms with Gasteiger partial charge in [-0.15, -0.1) is 0 Å². The first-order valence-electron chi connectivity index (χ1n) is 7.00. The molecule has 3 rings (SSSR count). The number of hydrogen-bond acceptors (Lipinski definition) is 3. The van der Waals surface area contributed by atoms with Gasteiger partial charge in [0.2, 0.25) is 5.91 Å². The normalized spacial score (nSPS) is 17.1. The molecule has 1 aliphatic heterocycles. The number of aromatic carboxylic acids is 1. The van der Waals surface area contributed by atoms with Gasteiger partial charge in [0.25, 0.3) is 0 Å². The van der Waals surface area contributed by atoms with Crippen LogP contribution < -0.4 is 5.32 Å². The highest BCUT2D eigenvalue weighted by Gasteiger charge is 2.25. The maximum atomic E-state index is 12.1. The highest BCUT2D eigenvalue weighted by molar-refractivity contribution is 5.88. The van der Waals surface area contributed by atoms with Gasteiger partial charge in [-0.2, -0.15) is 0 Å². The largest absolute Gasteiger partial charge is 0.478 e. The summed E-state index contributed by atoms with van der Waals surface area (Å²) in [7, 11) is 0. The van der Waals surface area contributed by atoms with Gasteiger partial charge in [-0.25, -0.2) is 4.79 Å². The molecule has 1 amide bonds. The number of carbonyl (C=O) groups is 2. The Balaban J connectivity index is 1.57. The van der Waals surface area contributed by atoms with Crippen molar-refractivity contribution >= 4 is 11.9 Å². The average Bonchev–Trinajstić information content (AvgIpc) is 3.14. The van der Waals surface area contributed by atoms with Crippen LogP contribution in [0.3, 0.4) is 0 Å². The first kappa shape index (κ1) is 13.1. The molecule has 0 atom stereocenters. The van der Waals surface area contributed by atoms with Crippen LogP contribution in [0.25, 0.3) is 0 Å². The summed E-state index contributed by atoms with van der Waals surface area (Å²) in [5, 5.41) is 12.3. The number of fused-ring (bicyclic) bond motifs is 1. The fourth-order valence-corrected chi connectivity index (χ4v) is 2.53. The number of nitrogens with zero attached hydrogens (tertiary/aromatic N) is 1. The van der Waals surface area contributed by atoms with Crippen molar-refractivity contribution in [3.63, 3.8) is 0 Å². The lowest BCUT2D eigenvalue weighted by Crippen LogP contribution is -2.29. The zero-order chi connectivity index (χ0) is 14.1. The molecule has 5 nitrogen and oxygen atoms in total. The molecule has 1 aliphatic carbocycles. The Labute approximate surface area is 117 Å². The van der Waals surface area contributed by atoms with Crippen molar-refractivity contribution in [2.45, 2.75) is 38.4 Å². The van der Waals surface area contributed by atoms with Crippen LogP contribution in [0.2, 0.25) is 0 Å². The minimum absolute atomic E-state index is 0.131. The molecular weight excluding hydrogens is 256 g/mol. The van der Waals surface area contributed by atoms with E-state index in [1.807, 2.05) is 6.07 Å². The van der Waals surface area contributed by atoms with Crippen LogP contribution in [0.4, 0.5) is 0 Å². The predicted molar refractivity (Wildman–Crippen MR) is 73.3 cm³/mol. The molecule has 0 aromatic heterocycles. The Morgan fingerprint density at radius 3 is 2.70 bits per heavy atom. The van der Waals surface area contributed by atoms with E-state index in [0.717, 1.165) is 17.7 Å². The van der Waals surface area contributed by atoms with E-state index in [9.17, 15) is 9.59 Å². The quantitative estimate of drug-likeness (QED) is 0.851. The summed E-state index contributed by atoms with van der Waals surface area (Å²) < 4.78 is 0. The minimum Gasteiger partial charge on any atom is -0.478 e. The molecule has 1 heterocycles. The van der Waals surface area contributed by atoms with Crippen molar-refractivity contribution < 1.29 is 14.7 Å². The van der Waals surface area contributed by atoms with E-state index >= 15 is 0 Å². The molecule has 2 N–H and O–H groups in total. The second kappa shape index (κ2) is 5.25. The van der Waals surface area contributed by atoms with Crippen molar-refractivity contribution in [2.24, 2.45) is 0 Å². The molecule has 20 heavy (non-hydrogen) atoms. The second-order valence-electron chi connectivity index (χ2n) is 5.52. The lowest BCUT2D eigenvalue weighted by Gasteiger charge is -2.15. The van der Waals surface area contributed by atoms with E-state index in [1.54, 1.807) is 17.0 Å². The smallest absolute Gasteiger partial charge is 0.335 e. The van der Waals surface area contributed by atoms with Gasteiger partial charge in [0, 0.05) is 32.1 Å². The molecule has 0 bridgehead atoms. The van der Waals surface area contributed by atoms with Crippen LogP contribution in [-0.4, -0.2) is 34.5 Å². The molecule has 1 fully saturated rings.